The summed E-state index contributed by atoms with van der Waals surface area (Å²) in [5.74, 6) is 1.14. The lowest BCUT2D eigenvalue weighted by Crippen LogP contribution is -2.38. The number of benzene rings is 1. The molecule has 19 heavy (non-hydrogen) atoms. The minimum Gasteiger partial charge on any atom is -0.395 e. The minimum absolute atomic E-state index is 0. The van der Waals surface area contributed by atoms with E-state index in [1.165, 1.54) is 5.56 Å². The number of aliphatic hydroxyl groups is 1. The van der Waals surface area contributed by atoms with E-state index in [2.05, 4.69) is 34.7 Å². The first-order chi connectivity index (χ1) is 8.77. The Labute approximate surface area is 132 Å². The first-order valence-corrected chi connectivity index (χ1v) is 6.46. The Morgan fingerprint density at radius 3 is 2.53 bits per heavy atom. The SMILES string of the molecule is CCNC(=NCC(C)c1ccccc1)NCCO.I. The van der Waals surface area contributed by atoms with E-state index in [0.717, 1.165) is 19.0 Å². The van der Waals surface area contributed by atoms with Crippen LogP contribution in [0.15, 0.2) is 35.3 Å². The molecule has 1 unspecified atom stereocenters. The summed E-state index contributed by atoms with van der Waals surface area (Å²) in [5, 5.41) is 15.0. The van der Waals surface area contributed by atoms with Crippen molar-refractivity contribution in [2.75, 3.05) is 26.2 Å². The largest absolute Gasteiger partial charge is 0.395 e. The zero-order valence-corrected chi connectivity index (χ0v) is 13.9. The Balaban J connectivity index is 0.00000324. The van der Waals surface area contributed by atoms with E-state index < -0.39 is 0 Å². The highest BCUT2D eigenvalue weighted by molar-refractivity contribution is 14.0. The van der Waals surface area contributed by atoms with Crippen LogP contribution in [0.3, 0.4) is 0 Å². The maximum absolute atomic E-state index is 8.79. The van der Waals surface area contributed by atoms with E-state index in [9.17, 15) is 0 Å². The number of hydrogen-bond acceptors (Lipinski definition) is 2. The van der Waals surface area contributed by atoms with E-state index in [1.807, 2.05) is 25.1 Å². The Bertz CT molecular complexity index is 357. The zero-order valence-electron chi connectivity index (χ0n) is 11.6. The lowest BCUT2D eigenvalue weighted by atomic mass is 10.0. The second-order valence-corrected chi connectivity index (χ2v) is 4.18. The van der Waals surface area contributed by atoms with Gasteiger partial charge in [-0.05, 0) is 12.5 Å². The summed E-state index contributed by atoms with van der Waals surface area (Å²) in [6.45, 7) is 6.36. The molecule has 0 aliphatic rings. The number of nitrogens with one attached hydrogen (secondary N) is 2. The summed E-state index contributed by atoms with van der Waals surface area (Å²) < 4.78 is 0. The fourth-order valence-electron chi connectivity index (χ4n) is 1.63. The highest BCUT2D eigenvalue weighted by Gasteiger charge is 2.04. The van der Waals surface area contributed by atoms with Crippen molar-refractivity contribution < 1.29 is 5.11 Å². The predicted octanol–water partition coefficient (Wildman–Crippen LogP) is 1.96. The van der Waals surface area contributed by atoms with Crippen LogP contribution in [0.5, 0.6) is 0 Å². The van der Waals surface area contributed by atoms with Gasteiger partial charge in [-0.1, -0.05) is 37.3 Å². The number of guanidine groups is 1. The van der Waals surface area contributed by atoms with Gasteiger partial charge < -0.3 is 15.7 Å². The van der Waals surface area contributed by atoms with Gasteiger partial charge >= 0.3 is 0 Å². The third-order valence-electron chi connectivity index (χ3n) is 2.64. The third-order valence-corrected chi connectivity index (χ3v) is 2.64. The van der Waals surface area contributed by atoms with Gasteiger partial charge in [0, 0.05) is 25.6 Å². The molecular formula is C14H24IN3O. The second-order valence-electron chi connectivity index (χ2n) is 4.18. The van der Waals surface area contributed by atoms with Gasteiger partial charge in [0.15, 0.2) is 5.96 Å². The summed E-state index contributed by atoms with van der Waals surface area (Å²) in [6.07, 6.45) is 0. The lowest BCUT2D eigenvalue weighted by Gasteiger charge is -2.13. The summed E-state index contributed by atoms with van der Waals surface area (Å²) >= 11 is 0. The van der Waals surface area contributed by atoms with Crippen LogP contribution in [0, 0.1) is 0 Å². The van der Waals surface area contributed by atoms with Crippen molar-refractivity contribution in [3.63, 3.8) is 0 Å². The van der Waals surface area contributed by atoms with Gasteiger partial charge in [-0.25, -0.2) is 0 Å². The molecule has 0 aliphatic heterocycles. The average Bonchev–Trinajstić information content (AvgIpc) is 2.42. The van der Waals surface area contributed by atoms with Gasteiger partial charge in [-0.15, -0.1) is 24.0 Å². The van der Waals surface area contributed by atoms with Crippen LogP contribution in [0.4, 0.5) is 0 Å². The van der Waals surface area contributed by atoms with Crippen molar-refractivity contribution >= 4 is 29.9 Å². The molecule has 0 fully saturated rings. The third kappa shape index (κ3) is 7.37. The molecule has 1 rings (SSSR count). The molecule has 0 aliphatic carbocycles. The maximum atomic E-state index is 8.79. The summed E-state index contributed by atoms with van der Waals surface area (Å²) in [6, 6.07) is 10.4. The normalized spacial score (nSPS) is 12.5. The standard InChI is InChI=1S/C14H23N3O.HI/c1-3-15-14(16-9-10-18)17-11-12(2)13-7-5-4-6-8-13;/h4-8,12,18H,3,9-11H2,1-2H3,(H2,15,16,17);1H. The zero-order chi connectivity index (χ0) is 13.2. The summed E-state index contributed by atoms with van der Waals surface area (Å²) in [4.78, 5) is 4.51. The predicted molar refractivity (Wildman–Crippen MR) is 91.3 cm³/mol. The highest BCUT2D eigenvalue weighted by Crippen LogP contribution is 2.14. The van der Waals surface area contributed by atoms with E-state index in [1.54, 1.807) is 0 Å². The average molecular weight is 377 g/mol. The Hall–Kier alpha value is -0.820. The van der Waals surface area contributed by atoms with Crippen LogP contribution < -0.4 is 10.6 Å². The fourth-order valence-corrected chi connectivity index (χ4v) is 1.63. The quantitative estimate of drug-likeness (QED) is 0.404. The first-order valence-electron chi connectivity index (χ1n) is 6.46. The molecular weight excluding hydrogens is 353 g/mol. The van der Waals surface area contributed by atoms with Gasteiger partial charge in [0.1, 0.15) is 0 Å². The van der Waals surface area contributed by atoms with Gasteiger partial charge in [-0.2, -0.15) is 0 Å². The van der Waals surface area contributed by atoms with Crippen LogP contribution >= 0.6 is 24.0 Å². The minimum atomic E-state index is 0. The van der Waals surface area contributed by atoms with Crippen molar-refractivity contribution in [1.29, 1.82) is 0 Å². The van der Waals surface area contributed by atoms with Crippen molar-refractivity contribution in [2.45, 2.75) is 19.8 Å². The number of nitrogens with zero attached hydrogens (tertiary/aromatic N) is 1. The topological polar surface area (TPSA) is 56.7 Å². The number of aliphatic imine (C=N–C) groups is 1. The van der Waals surface area contributed by atoms with Crippen LogP contribution in [-0.2, 0) is 0 Å². The Morgan fingerprint density at radius 2 is 1.95 bits per heavy atom. The molecule has 0 heterocycles. The molecule has 0 saturated heterocycles. The molecule has 108 valence electrons. The summed E-state index contributed by atoms with van der Waals surface area (Å²) in [5.41, 5.74) is 1.29. The number of rotatable bonds is 6. The van der Waals surface area contributed by atoms with E-state index in [-0.39, 0.29) is 30.6 Å². The van der Waals surface area contributed by atoms with Gasteiger partial charge in [-0.3, -0.25) is 4.99 Å². The molecule has 0 bridgehead atoms. The van der Waals surface area contributed by atoms with E-state index in [0.29, 0.717) is 12.5 Å². The van der Waals surface area contributed by atoms with Crippen LogP contribution in [0.2, 0.25) is 0 Å². The molecule has 3 N–H and O–H groups in total. The van der Waals surface area contributed by atoms with Crippen LogP contribution in [0.1, 0.15) is 25.3 Å². The molecule has 5 heteroatoms. The van der Waals surface area contributed by atoms with Crippen molar-refractivity contribution in [1.82, 2.24) is 10.6 Å². The van der Waals surface area contributed by atoms with E-state index in [4.69, 9.17) is 5.11 Å². The molecule has 0 amide bonds. The van der Waals surface area contributed by atoms with Gasteiger partial charge in [0.05, 0.1) is 6.61 Å². The van der Waals surface area contributed by atoms with Crippen molar-refractivity contribution in [3.8, 4) is 0 Å². The monoisotopic (exact) mass is 377 g/mol. The molecule has 1 atom stereocenters. The molecule has 0 radical (unpaired) electrons. The van der Waals surface area contributed by atoms with Crippen LogP contribution in [0.25, 0.3) is 0 Å². The number of aliphatic hydroxyl groups excluding tert-OH is 1. The van der Waals surface area contributed by atoms with E-state index >= 15 is 0 Å². The van der Waals surface area contributed by atoms with Crippen molar-refractivity contribution in [3.05, 3.63) is 35.9 Å². The Kier molecular flexibility index (Phi) is 10.6. The fraction of sp³-hybridized carbons (Fsp3) is 0.500. The second kappa shape index (κ2) is 11.0. The maximum Gasteiger partial charge on any atom is 0.191 e. The highest BCUT2D eigenvalue weighted by atomic mass is 127. The molecule has 1 aromatic rings. The lowest BCUT2D eigenvalue weighted by molar-refractivity contribution is 0.300. The smallest absolute Gasteiger partial charge is 0.191 e. The van der Waals surface area contributed by atoms with Gasteiger partial charge in [0.25, 0.3) is 0 Å². The summed E-state index contributed by atoms with van der Waals surface area (Å²) in [7, 11) is 0. The molecule has 4 nitrogen and oxygen atoms in total. The van der Waals surface area contributed by atoms with Gasteiger partial charge in [0.2, 0.25) is 0 Å². The molecule has 0 spiro atoms. The molecule has 0 saturated carbocycles. The Morgan fingerprint density at radius 1 is 1.26 bits per heavy atom. The molecule has 1 aromatic carbocycles. The number of hydrogen-bond donors (Lipinski definition) is 3. The molecule has 0 aromatic heterocycles. The number of halogens is 1. The first kappa shape index (κ1) is 18.2. The van der Waals surface area contributed by atoms with Crippen LogP contribution in [-0.4, -0.2) is 37.3 Å². The van der Waals surface area contributed by atoms with Crippen molar-refractivity contribution in [2.24, 2.45) is 4.99 Å².